The van der Waals surface area contributed by atoms with E-state index >= 15 is 0 Å². The number of aromatic carboxylic acids is 1. The number of carboxylic acids is 1. The van der Waals surface area contributed by atoms with E-state index < -0.39 is 17.7 Å². The molecule has 0 unspecified atom stereocenters. The summed E-state index contributed by atoms with van der Waals surface area (Å²) in [5.74, 6) is -2.24. The van der Waals surface area contributed by atoms with Gasteiger partial charge in [-0.25, -0.2) is 9.18 Å². The molecule has 3 N–H and O–H groups in total. The number of thiophene rings is 1. The number of H-pyrrole nitrogens is 1. The number of aromatic nitrogens is 1. The first-order valence-electron chi connectivity index (χ1n) is 7.03. The van der Waals surface area contributed by atoms with Gasteiger partial charge in [0.15, 0.2) is 0 Å². The van der Waals surface area contributed by atoms with Gasteiger partial charge in [0.2, 0.25) is 0 Å². The summed E-state index contributed by atoms with van der Waals surface area (Å²) in [7, 11) is 0. The van der Waals surface area contributed by atoms with Gasteiger partial charge in [0.1, 0.15) is 16.4 Å². The van der Waals surface area contributed by atoms with Crippen molar-refractivity contribution in [2.45, 2.75) is 6.92 Å². The average molecular weight is 344 g/mol. The lowest BCUT2D eigenvalue weighted by molar-refractivity contribution is 0.0699. The number of anilines is 1. The fourth-order valence-corrected chi connectivity index (χ4v) is 3.27. The molecule has 0 atom stereocenters. The summed E-state index contributed by atoms with van der Waals surface area (Å²) in [6, 6.07) is 8.83. The Morgan fingerprint density at radius 2 is 2.04 bits per heavy atom. The maximum Gasteiger partial charge on any atom is 0.339 e. The summed E-state index contributed by atoms with van der Waals surface area (Å²) < 4.78 is 13.2. The Morgan fingerprint density at radius 1 is 1.25 bits per heavy atom. The van der Waals surface area contributed by atoms with Crippen LogP contribution in [0.1, 0.15) is 26.4 Å². The Kier molecular flexibility index (Phi) is 4.18. The molecule has 7 heteroatoms. The van der Waals surface area contributed by atoms with Gasteiger partial charge in [0, 0.05) is 27.9 Å². The second kappa shape index (κ2) is 6.29. The van der Waals surface area contributed by atoms with E-state index in [0.717, 1.165) is 23.1 Å². The number of nitrogens with one attached hydrogen (secondary N) is 2. The lowest BCUT2D eigenvalue weighted by Gasteiger charge is -2.05. The van der Waals surface area contributed by atoms with Gasteiger partial charge < -0.3 is 15.4 Å². The summed E-state index contributed by atoms with van der Waals surface area (Å²) in [5.41, 5.74) is 2.18. The molecule has 3 rings (SSSR count). The van der Waals surface area contributed by atoms with E-state index in [2.05, 4.69) is 10.3 Å². The van der Waals surface area contributed by atoms with Crippen LogP contribution in [-0.2, 0) is 0 Å². The number of amides is 1. The highest BCUT2D eigenvalue weighted by Crippen LogP contribution is 2.35. The molecule has 0 aliphatic carbocycles. The Balaban J connectivity index is 1.95. The molecule has 0 spiro atoms. The Hall–Kier alpha value is -2.93. The molecule has 0 fully saturated rings. The first kappa shape index (κ1) is 15.9. The molecule has 2 aromatic heterocycles. The zero-order valence-corrected chi connectivity index (χ0v) is 13.4. The molecule has 24 heavy (non-hydrogen) atoms. The van der Waals surface area contributed by atoms with Crippen molar-refractivity contribution in [1.29, 1.82) is 0 Å². The first-order valence-corrected chi connectivity index (χ1v) is 7.91. The van der Waals surface area contributed by atoms with Crippen molar-refractivity contribution in [2.24, 2.45) is 0 Å². The minimum absolute atomic E-state index is 0.00611. The van der Waals surface area contributed by atoms with E-state index in [-0.39, 0.29) is 16.1 Å². The fourth-order valence-electron chi connectivity index (χ4n) is 2.33. The minimum atomic E-state index is -1.15. The predicted octanol–water partition coefficient (Wildman–Crippen LogP) is 4.14. The molecular weight excluding hydrogens is 331 g/mol. The van der Waals surface area contributed by atoms with Crippen LogP contribution in [0, 0.1) is 12.7 Å². The number of aryl methyl sites for hydroxylation is 1. The third-order valence-corrected chi connectivity index (χ3v) is 4.34. The summed E-state index contributed by atoms with van der Waals surface area (Å²) in [4.78, 5) is 26.9. The van der Waals surface area contributed by atoms with Crippen LogP contribution in [0.2, 0.25) is 0 Å². The minimum Gasteiger partial charge on any atom is -0.478 e. The smallest absolute Gasteiger partial charge is 0.339 e. The number of hydrogen-bond donors (Lipinski definition) is 3. The monoisotopic (exact) mass is 344 g/mol. The maximum absolute atomic E-state index is 13.2. The standard InChI is InChI=1S/C17H13FN2O3S/c1-9-5-6-13(19-9)12-8-24-16(14(12)17(22)23)20-15(21)10-3-2-4-11(18)7-10/h2-8,19H,1H3,(H,20,21)(H,22,23). The summed E-state index contributed by atoms with van der Waals surface area (Å²) in [5, 5.41) is 13.9. The molecule has 0 bridgehead atoms. The average Bonchev–Trinajstić information content (AvgIpc) is 3.13. The number of aromatic amines is 1. The van der Waals surface area contributed by atoms with Crippen LogP contribution in [0.3, 0.4) is 0 Å². The third-order valence-electron chi connectivity index (χ3n) is 3.44. The van der Waals surface area contributed by atoms with Gasteiger partial charge >= 0.3 is 5.97 Å². The Labute approximate surface area is 140 Å². The highest BCUT2D eigenvalue weighted by atomic mass is 32.1. The van der Waals surface area contributed by atoms with E-state index in [1.807, 2.05) is 13.0 Å². The van der Waals surface area contributed by atoms with Gasteiger partial charge in [-0.1, -0.05) is 6.07 Å². The molecule has 5 nitrogen and oxygen atoms in total. The van der Waals surface area contributed by atoms with Crippen molar-refractivity contribution in [2.75, 3.05) is 5.32 Å². The first-order chi connectivity index (χ1) is 11.5. The van der Waals surface area contributed by atoms with Gasteiger partial charge in [-0.2, -0.15) is 0 Å². The van der Waals surface area contributed by atoms with Gasteiger partial charge in [0.05, 0.1) is 0 Å². The second-order valence-corrected chi connectivity index (χ2v) is 6.06. The zero-order chi connectivity index (χ0) is 17.3. The molecule has 0 aliphatic heterocycles. The molecule has 1 aromatic carbocycles. The van der Waals surface area contributed by atoms with Crippen molar-refractivity contribution in [1.82, 2.24) is 4.98 Å². The Bertz CT molecular complexity index is 930. The summed E-state index contributed by atoms with van der Waals surface area (Å²) >= 11 is 1.11. The number of carboxylic acid groups (broad SMARTS) is 1. The van der Waals surface area contributed by atoms with E-state index in [1.54, 1.807) is 11.4 Å². The zero-order valence-electron chi connectivity index (χ0n) is 12.6. The molecular formula is C17H13FN2O3S. The van der Waals surface area contributed by atoms with Crippen LogP contribution < -0.4 is 5.32 Å². The van der Waals surface area contributed by atoms with Crippen LogP contribution in [0.15, 0.2) is 41.8 Å². The van der Waals surface area contributed by atoms with Crippen molar-refractivity contribution >= 4 is 28.2 Å². The van der Waals surface area contributed by atoms with Gasteiger partial charge in [-0.05, 0) is 37.3 Å². The number of hydrogen-bond acceptors (Lipinski definition) is 3. The van der Waals surface area contributed by atoms with Gasteiger partial charge in [0.25, 0.3) is 5.91 Å². The van der Waals surface area contributed by atoms with Gasteiger partial charge in [-0.15, -0.1) is 11.3 Å². The number of halogens is 1. The normalized spacial score (nSPS) is 10.6. The molecule has 1 amide bonds. The summed E-state index contributed by atoms with van der Waals surface area (Å²) in [6.45, 7) is 1.86. The van der Waals surface area contributed by atoms with Crippen LogP contribution in [0.25, 0.3) is 11.3 Å². The Morgan fingerprint density at radius 3 is 2.67 bits per heavy atom. The van der Waals surface area contributed by atoms with Gasteiger partial charge in [-0.3, -0.25) is 4.79 Å². The van der Waals surface area contributed by atoms with Crippen molar-refractivity contribution in [3.8, 4) is 11.3 Å². The lowest BCUT2D eigenvalue weighted by Crippen LogP contribution is -2.13. The maximum atomic E-state index is 13.2. The summed E-state index contributed by atoms with van der Waals surface area (Å²) in [6.07, 6.45) is 0. The third kappa shape index (κ3) is 3.07. The quantitative estimate of drug-likeness (QED) is 0.665. The van der Waals surface area contributed by atoms with Crippen LogP contribution >= 0.6 is 11.3 Å². The van der Waals surface area contributed by atoms with E-state index in [9.17, 15) is 19.1 Å². The van der Waals surface area contributed by atoms with E-state index in [4.69, 9.17) is 0 Å². The molecule has 122 valence electrons. The molecule has 0 saturated carbocycles. The number of benzene rings is 1. The SMILES string of the molecule is Cc1ccc(-c2csc(NC(=O)c3cccc(F)c3)c2C(=O)O)[nH]1. The molecule has 0 radical (unpaired) electrons. The fraction of sp³-hybridized carbons (Fsp3) is 0.0588. The molecule has 0 saturated heterocycles. The van der Waals surface area contributed by atoms with Crippen LogP contribution in [-0.4, -0.2) is 22.0 Å². The lowest BCUT2D eigenvalue weighted by atomic mass is 10.1. The number of carbonyl (C=O) groups is 2. The van der Waals surface area contributed by atoms with Crippen molar-refractivity contribution in [3.63, 3.8) is 0 Å². The molecule has 0 aliphatic rings. The largest absolute Gasteiger partial charge is 0.478 e. The number of carbonyl (C=O) groups excluding carboxylic acids is 1. The molecule has 3 aromatic rings. The second-order valence-electron chi connectivity index (χ2n) is 5.18. The van der Waals surface area contributed by atoms with Crippen LogP contribution in [0.4, 0.5) is 9.39 Å². The van der Waals surface area contributed by atoms with Crippen molar-refractivity contribution < 1.29 is 19.1 Å². The number of rotatable bonds is 4. The van der Waals surface area contributed by atoms with E-state index in [0.29, 0.717) is 11.3 Å². The molecule has 2 heterocycles. The van der Waals surface area contributed by atoms with E-state index in [1.165, 1.54) is 18.2 Å². The highest BCUT2D eigenvalue weighted by molar-refractivity contribution is 7.15. The predicted molar refractivity (Wildman–Crippen MR) is 90.2 cm³/mol. The van der Waals surface area contributed by atoms with Crippen molar-refractivity contribution in [3.05, 3.63) is 64.4 Å². The topological polar surface area (TPSA) is 82.2 Å². The highest BCUT2D eigenvalue weighted by Gasteiger charge is 2.22. The van der Waals surface area contributed by atoms with Crippen LogP contribution in [0.5, 0.6) is 0 Å².